The second-order valence-electron chi connectivity index (χ2n) is 1.94. The Kier molecular flexibility index (Phi) is 6.86. The summed E-state index contributed by atoms with van der Waals surface area (Å²) >= 11 is -1.21. The first-order chi connectivity index (χ1) is 4.81. The molecule has 0 saturated carbocycles. The molecule has 0 aromatic carbocycles. The topological polar surface area (TPSA) is 26.3 Å². The average molecular weight is 162 g/mol. The monoisotopic (exact) mass is 162 g/mol. The van der Waals surface area contributed by atoms with Crippen LogP contribution in [0.2, 0.25) is 0 Å². The van der Waals surface area contributed by atoms with Gasteiger partial charge in [-0.15, -0.1) is 0 Å². The van der Waals surface area contributed by atoms with E-state index in [9.17, 15) is 4.21 Å². The molecule has 0 heterocycles. The molecule has 2 nitrogen and oxygen atoms in total. The average Bonchev–Trinajstić information content (AvgIpc) is 1.98. The Hall–Kier alpha value is -0.150. The van der Waals surface area contributed by atoms with Crippen molar-refractivity contribution in [1.82, 2.24) is 0 Å². The highest BCUT2D eigenvalue weighted by Crippen LogP contribution is 1.96. The number of rotatable bonds is 5. The van der Waals surface area contributed by atoms with Crippen LogP contribution < -0.4 is 0 Å². The fraction of sp³-hybridized carbons (Fsp3) is 0.714. The van der Waals surface area contributed by atoms with Crippen LogP contribution in [0.1, 0.15) is 26.2 Å². The van der Waals surface area contributed by atoms with Gasteiger partial charge in [-0.1, -0.05) is 25.8 Å². The zero-order chi connectivity index (χ0) is 7.82. The molecule has 0 fully saturated rings. The third kappa shape index (κ3) is 5.98. The van der Waals surface area contributed by atoms with E-state index >= 15 is 0 Å². The molecule has 0 rings (SSSR count). The van der Waals surface area contributed by atoms with Crippen LogP contribution in [0.15, 0.2) is 11.5 Å². The Bertz CT molecular complexity index is 121. The van der Waals surface area contributed by atoms with Crippen LogP contribution in [0, 0.1) is 0 Å². The zero-order valence-corrected chi connectivity index (χ0v) is 7.32. The van der Waals surface area contributed by atoms with Gasteiger partial charge in [-0.25, -0.2) is 4.21 Å². The number of allylic oxidation sites excluding steroid dienone is 1. The van der Waals surface area contributed by atoms with Crippen molar-refractivity contribution in [2.75, 3.05) is 7.11 Å². The Morgan fingerprint density at radius 1 is 1.60 bits per heavy atom. The quantitative estimate of drug-likeness (QED) is 0.578. The summed E-state index contributed by atoms with van der Waals surface area (Å²) in [6.07, 6.45) is 5.20. The first-order valence-electron chi connectivity index (χ1n) is 3.43. The van der Waals surface area contributed by atoms with Crippen molar-refractivity contribution in [2.24, 2.45) is 0 Å². The molecule has 0 radical (unpaired) electrons. The summed E-state index contributed by atoms with van der Waals surface area (Å²) in [7, 11) is 1.43. The first kappa shape index (κ1) is 9.85. The minimum atomic E-state index is -1.21. The lowest BCUT2D eigenvalue weighted by Crippen LogP contribution is -1.84. The highest BCUT2D eigenvalue weighted by molar-refractivity contribution is 7.83. The van der Waals surface area contributed by atoms with Gasteiger partial charge < -0.3 is 0 Å². The van der Waals surface area contributed by atoms with E-state index in [1.165, 1.54) is 13.5 Å². The molecule has 0 saturated heterocycles. The van der Waals surface area contributed by atoms with E-state index in [2.05, 4.69) is 11.1 Å². The van der Waals surface area contributed by atoms with Crippen molar-refractivity contribution >= 4 is 11.1 Å². The number of hydrogen-bond acceptors (Lipinski definition) is 2. The highest BCUT2D eigenvalue weighted by atomic mass is 32.2. The number of hydrogen-bond donors (Lipinski definition) is 0. The van der Waals surface area contributed by atoms with Gasteiger partial charge in [-0.3, -0.25) is 4.18 Å². The summed E-state index contributed by atoms with van der Waals surface area (Å²) < 4.78 is 15.1. The largest absolute Gasteiger partial charge is 0.291 e. The van der Waals surface area contributed by atoms with Crippen LogP contribution in [0.3, 0.4) is 0 Å². The van der Waals surface area contributed by atoms with Crippen molar-refractivity contribution in [2.45, 2.75) is 26.2 Å². The molecule has 1 atom stereocenters. The summed E-state index contributed by atoms with van der Waals surface area (Å²) in [6.45, 7) is 2.13. The molecule has 60 valence electrons. The summed E-state index contributed by atoms with van der Waals surface area (Å²) in [5.41, 5.74) is 0. The normalized spacial score (nSPS) is 14.2. The SMILES string of the molecule is CCCC/C=C/S(=O)OC. The minimum Gasteiger partial charge on any atom is -0.291 e. The molecule has 0 aliphatic rings. The molecule has 0 aromatic heterocycles. The van der Waals surface area contributed by atoms with Crippen LogP contribution in [-0.4, -0.2) is 11.3 Å². The first-order valence-corrected chi connectivity index (χ1v) is 4.56. The third-order valence-electron chi connectivity index (χ3n) is 1.10. The lowest BCUT2D eigenvalue weighted by molar-refractivity contribution is 0.452. The van der Waals surface area contributed by atoms with Crippen LogP contribution in [-0.2, 0) is 15.3 Å². The highest BCUT2D eigenvalue weighted by Gasteiger charge is 1.85. The molecule has 1 unspecified atom stereocenters. The lowest BCUT2D eigenvalue weighted by atomic mass is 10.2. The summed E-state index contributed by atoms with van der Waals surface area (Å²) in [5.74, 6) is 0. The predicted octanol–water partition coefficient (Wildman–Crippen LogP) is 2.00. The van der Waals surface area contributed by atoms with Crippen molar-refractivity contribution in [1.29, 1.82) is 0 Å². The predicted molar refractivity (Wildman–Crippen MR) is 43.8 cm³/mol. The van der Waals surface area contributed by atoms with Gasteiger partial charge in [0, 0.05) is 5.41 Å². The molecule has 0 aliphatic carbocycles. The van der Waals surface area contributed by atoms with Gasteiger partial charge in [0.05, 0.1) is 7.11 Å². The molecule has 0 aromatic rings. The van der Waals surface area contributed by atoms with Gasteiger partial charge in [-0.2, -0.15) is 0 Å². The van der Waals surface area contributed by atoms with E-state index in [0.29, 0.717) is 0 Å². The van der Waals surface area contributed by atoms with E-state index in [1.807, 2.05) is 6.08 Å². The molecule has 0 aliphatic heterocycles. The molecule has 0 N–H and O–H groups in total. The van der Waals surface area contributed by atoms with E-state index in [1.54, 1.807) is 5.41 Å². The Labute approximate surface area is 64.9 Å². The van der Waals surface area contributed by atoms with Gasteiger partial charge in [-0.05, 0) is 6.42 Å². The van der Waals surface area contributed by atoms with Crippen LogP contribution in [0.5, 0.6) is 0 Å². The van der Waals surface area contributed by atoms with E-state index < -0.39 is 11.1 Å². The van der Waals surface area contributed by atoms with Crippen molar-refractivity contribution in [3.05, 3.63) is 11.5 Å². The Morgan fingerprint density at radius 2 is 2.30 bits per heavy atom. The third-order valence-corrected chi connectivity index (χ3v) is 1.84. The van der Waals surface area contributed by atoms with Crippen LogP contribution in [0.25, 0.3) is 0 Å². The van der Waals surface area contributed by atoms with Crippen molar-refractivity contribution in [3.63, 3.8) is 0 Å². The summed E-state index contributed by atoms with van der Waals surface area (Å²) in [4.78, 5) is 0. The van der Waals surface area contributed by atoms with E-state index in [0.717, 1.165) is 12.8 Å². The second kappa shape index (κ2) is 6.96. The summed E-state index contributed by atoms with van der Waals surface area (Å²) in [6, 6.07) is 0. The number of unbranched alkanes of at least 4 members (excludes halogenated alkanes) is 2. The van der Waals surface area contributed by atoms with E-state index in [-0.39, 0.29) is 0 Å². The molecular formula is C7H14O2S. The van der Waals surface area contributed by atoms with Gasteiger partial charge in [0.25, 0.3) is 0 Å². The molecule has 0 amide bonds. The van der Waals surface area contributed by atoms with Crippen molar-refractivity contribution in [3.8, 4) is 0 Å². The maximum atomic E-state index is 10.6. The molecule has 10 heavy (non-hydrogen) atoms. The summed E-state index contributed by atoms with van der Waals surface area (Å²) in [5, 5.41) is 1.58. The smallest absolute Gasteiger partial charge is 0.181 e. The zero-order valence-electron chi connectivity index (χ0n) is 6.50. The fourth-order valence-corrected chi connectivity index (χ4v) is 0.928. The van der Waals surface area contributed by atoms with Gasteiger partial charge in [0.1, 0.15) is 0 Å². The van der Waals surface area contributed by atoms with Crippen LogP contribution >= 0.6 is 0 Å². The standard InChI is InChI=1S/C7H14O2S/c1-3-4-5-6-7-10(8)9-2/h6-7H,3-5H2,1-2H3/b7-6+. The molecule has 0 spiro atoms. The van der Waals surface area contributed by atoms with Crippen LogP contribution in [0.4, 0.5) is 0 Å². The van der Waals surface area contributed by atoms with Crippen molar-refractivity contribution < 1.29 is 8.39 Å². The fourth-order valence-electron chi connectivity index (χ4n) is 0.524. The maximum Gasteiger partial charge on any atom is 0.181 e. The maximum absolute atomic E-state index is 10.6. The van der Waals surface area contributed by atoms with Gasteiger partial charge in [0.15, 0.2) is 11.1 Å². The van der Waals surface area contributed by atoms with Gasteiger partial charge in [0.2, 0.25) is 0 Å². The minimum absolute atomic E-state index is 0.992. The Morgan fingerprint density at radius 3 is 2.80 bits per heavy atom. The second-order valence-corrected chi connectivity index (χ2v) is 3.07. The molecule has 0 bridgehead atoms. The molecular weight excluding hydrogens is 148 g/mol. The Balaban J connectivity index is 3.27. The van der Waals surface area contributed by atoms with Gasteiger partial charge >= 0.3 is 0 Å². The molecule has 3 heteroatoms. The van der Waals surface area contributed by atoms with E-state index in [4.69, 9.17) is 0 Å². The lowest BCUT2D eigenvalue weighted by Gasteiger charge is -1.88.